The van der Waals surface area contributed by atoms with Gasteiger partial charge in [0.25, 0.3) is 0 Å². The van der Waals surface area contributed by atoms with Crippen molar-refractivity contribution in [2.75, 3.05) is 11.9 Å². The first kappa shape index (κ1) is 17.0. The van der Waals surface area contributed by atoms with Crippen molar-refractivity contribution in [2.45, 2.75) is 72.9 Å². The molecule has 5 nitrogen and oxygen atoms in total. The summed E-state index contributed by atoms with van der Waals surface area (Å²) in [4.78, 5) is 0. The number of aromatic nitrogens is 2. The molecular weight excluding hydrogens is 252 g/mol. The van der Waals surface area contributed by atoms with Crippen LogP contribution in [0.4, 0.5) is 6.01 Å². The van der Waals surface area contributed by atoms with Gasteiger partial charge < -0.3 is 15.1 Å². The molecule has 0 aromatic carbocycles. The highest BCUT2D eigenvalue weighted by Crippen LogP contribution is 2.24. The highest BCUT2D eigenvalue weighted by atomic mass is 16.4. The number of anilines is 1. The van der Waals surface area contributed by atoms with Gasteiger partial charge in [0, 0.05) is 12.6 Å². The predicted molar refractivity (Wildman–Crippen MR) is 82.7 cm³/mol. The lowest BCUT2D eigenvalue weighted by molar-refractivity contribution is 0.338. The first-order valence-corrected chi connectivity index (χ1v) is 7.72. The second kappa shape index (κ2) is 8.25. The Hall–Kier alpha value is -1.10. The molecule has 1 heterocycles. The predicted octanol–water partition coefficient (Wildman–Crippen LogP) is 3.59. The van der Waals surface area contributed by atoms with Gasteiger partial charge in [-0.2, -0.15) is 0 Å². The van der Waals surface area contributed by atoms with E-state index in [1.54, 1.807) is 0 Å². The van der Waals surface area contributed by atoms with E-state index >= 15 is 0 Å². The van der Waals surface area contributed by atoms with E-state index in [9.17, 15) is 0 Å². The Morgan fingerprint density at radius 2 is 1.95 bits per heavy atom. The van der Waals surface area contributed by atoms with Crippen molar-refractivity contribution < 1.29 is 4.42 Å². The van der Waals surface area contributed by atoms with Gasteiger partial charge in [-0.05, 0) is 11.8 Å². The number of unbranched alkanes of at least 4 members (excludes halogenated alkanes) is 2. The number of hydrogen-bond donors (Lipinski definition) is 2. The molecule has 0 bridgehead atoms. The van der Waals surface area contributed by atoms with Crippen LogP contribution < -0.4 is 10.6 Å². The van der Waals surface area contributed by atoms with Crippen molar-refractivity contribution in [3.8, 4) is 0 Å². The molecule has 0 unspecified atom stereocenters. The second-order valence-corrected chi connectivity index (χ2v) is 6.51. The summed E-state index contributed by atoms with van der Waals surface area (Å²) >= 11 is 0. The Kier molecular flexibility index (Phi) is 6.99. The summed E-state index contributed by atoms with van der Waals surface area (Å²) in [6, 6.07) is 0.935. The molecule has 0 spiro atoms. The molecule has 0 amide bonds. The second-order valence-electron chi connectivity index (χ2n) is 6.51. The average Bonchev–Trinajstić information content (AvgIpc) is 2.82. The molecule has 0 atom stereocenters. The van der Waals surface area contributed by atoms with Crippen LogP contribution in [0.5, 0.6) is 0 Å². The number of nitrogens with zero attached hydrogens (tertiary/aromatic N) is 2. The van der Waals surface area contributed by atoms with Crippen molar-refractivity contribution >= 4 is 6.01 Å². The molecule has 0 saturated heterocycles. The first-order chi connectivity index (χ1) is 9.43. The van der Waals surface area contributed by atoms with Gasteiger partial charge in [-0.1, -0.05) is 59.0 Å². The standard InChI is InChI=1S/C15H30N4O/c1-6-7-8-9-15(4,5)11-17-14-19-18-13(20-14)10-16-12(2)3/h12,16H,6-11H2,1-5H3,(H,17,19). The van der Waals surface area contributed by atoms with Crippen LogP contribution in [0.25, 0.3) is 0 Å². The lowest BCUT2D eigenvalue weighted by atomic mass is 9.87. The summed E-state index contributed by atoms with van der Waals surface area (Å²) in [5.74, 6) is 0.630. The van der Waals surface area contributed by atoms with E-state index in [1.165, 1.54) is 25.7 Å². The minimum Gasteiger partial charge on any atom is -0.407 e. The third-order valence-corrected chi connectivity index (χ3v) is 3.30. The fraction of sp³-hybridized carbons (Fsp3) is 0.867. The minimum absolute atomic E-state index is 0.250. The van der Waals surface area contributed by atoms with Crippen LogP contribution >= 0.6 is 0 Å². The van der Waals surface area contributed by atoms with Crippen LogP contribution in [0.2, 0.25) is 0 Å². The van der Waals surface area contributed by atoms with Crippen LogP contribution in [0.1, 0.15) is 66.2 Å². The van der Waals surface area contributed by atoms with Gasteiger partial charge in [-0.25, -0.2) is 0 Å². The maximum atomic E-state index is 5.56. The molecule has 0 saturated carbocycles. The number of rotatable bonds is 10. The van der Waals surface area contributed by atoms with E-state index in [0.29, 0.717) is 24.5 Å². The van der Waals surface area contributed by atoms with Gasteiger partial charge in [0.05, 0.1) is 6.54 Å². The normalized spacial score (nSPS) is 12.1. The van der Waals surface area contributed by atoms with Gasteiger partial charge in [-0.3, -0.25) is 0 Å². The Bertz CT molecular complexity index is 374. The Morgan fingerprint density at radius 1 is 1.20 bits per heavy atom. The maximum absolute atomic E-state index is 5.56. The monoisotopic (exact) mass is 282 g/mol. The van der Waals surface area contributed by atoms with E-state index < -0.39 is 0 Å². The molecule has 0 aliphatic rings. The molecule has 20 heavy (non-hydrogen) atoms. The summed E-state index contributed by atoms with van der Waals surface area (Å²) in [5.41, 5.74) is 0.250. The van der Waals surface area contributed by atoms with Crippen LogP contribution in [0.3, 0.4) is 0 Å². The van der Waals surface area contributed by atoms with E-state index in [0.717, 1.165) is 6.54 Å². The van der Waals surface area contributed by atoms with E-state index in [2.05, 4.69) is 55.4 Å². The summed E-state index contributed by atoms with van der Waals surface area (Å²) in [6.45, 7) is 12.4. The third kappa shape index (κ3) is 6.89. The van der Waals surface area contributed by atoms with E-state index in [1.807, 2.05) is 0 Å². The molecule has 0 aliphatic heterocycles. The Balaban J connectivity index is 2.33. The van der Waals surface area contributed by atoms with E-state index in [4.69, 9.17) is 4.42 Å². The smallest absolute Gasteiger partial charge is 0.315 e. The lowest BCUT2D eigenvalue weighted by Gasteiger charge is -2.24. The largest absolute Gasteiger partial charge is 0.407 e. The zero-order chi connectivity index (χ0) is 15.0. The van der Waals surface area contributed by atoms with Gasteiger partial charge in [-0.15, -0.1) is 5.10 Å². The van der Waals surface area contributed by atoms with Crippen molar-refractivity contribution in [3.63, 3.8) is 0 Å². The first-order valence-electron chi connectivity index (χ1n) is 7.72. The molecule has 2 N–H and O–H groups in total. The molecule has 1 aromatic rings. The maximum Gasteiger partial charge on any atom is 0.315 e. The molecule has 0 radical (unpaired) electrons. The van der Waals surface area contributed by atoms with Gasteiger partial charge in [0.1, 0.15) is 0 Å². The fourth-order valence-corrected chi connectivity index (χ4v) is 1.94. The fourth-order valence-electron chi connectivity index (χ4n) is 1.94. The summed E-state index contributed by atoms with van der Waals surface area (Å²) in [5, 5.41) is 14.6. The van der Waals surface area contributed by atoms with Gasteiger partial charge >= 0.3 is 6.01 Å². The van der Waals surface area contributed by atoms with Crippen molar-refractivity contribution in [3.05, 3.63) is 5.89 Å². The molecule has 5 heteroatoms. The molecule has 0 aliphatic carbocycles. The van der Waals surface area contributed by atoms with Crippen molar-refractivity contribution in [1.29, 1.82) is 0 Å². The Morgan fingerprint density at radius 3 is 2.60 bits per heavy atom. The van der Waals surface area contributed by atoms with Crippen molar-refractivity contribution in [1.82, 2.24) is 15.5 Å². The highest BCUT2D eigenvalue weighted by molar-refractivity contribution is 5.17. The lowest BCUT2D eigenvalue weighted by Crippen LogP contribution is -2.23. The zero-order valence-corrected chi connectivity index (χ0v) is 13.6. The van der Waals surface area contributed by atoms with Crippen LogP contribution in [-0.4, -0.2) is 22.8 Å². The van der Waals surface area contributed by atoms with Gasteiger partial charge in [0.15, 0.2) is 0 Å². The topological polar surface area (TPSA) is 63.0 Å². The minimum atomic E-state index is 0.250. The summed E-state index contributed by atoms with van der Waals surface area (Å²) < 4.78 is 5.56. The van der Waals surface area contributed by atoms with Crippen LogP contribution in [0, 0.1) is 5.41 Å². The molecular formula is C15H30N4O. The summed E-state index contributed by atoms with van der Waals surface area (Å²) in [6.07, 6.45) is 5.05. The molecule has 1 aromatic heterocycles. The molecule has 116 valence electrons. The molecule has 0 fully saturated rings. The van der Waals surface area contributed by atoms with Crippen molar-refractivity contribution in [2.24, 2.45) is 5.41 Å². The quantitative estimate of drug-likeness (QED) is 0.642. The Labute approximate surface area is 122 Å². The average molecular weight is 282 g/mol. The third-order valence-electron chi connectivity index (χ3n) is 3.30. The number of hydrogen-bond acceptors (Lipinski definition) is 5. The number of nitrogens with one attached hydrogen (secondary N) is 2. The van der Waals surface area contributed by atoms with Gasteiger partial charge in [0.2, 0.25) is 5.89 Å². The van der Waals surface area contributed by atoms with Crippen LogP contribution in [0.15, 0.2) is 4.42 Å². The molecule has 1 rings (SSSR count). The van der Waals surface area contributed by atoms with E-state index in [-0.39, 0.29) is 5.41 Å². The SMILES string of the molecule is CCCCCC(C)(C)CNc1nnc(CNC(C)C)o1. The summed E-state index contributed by atoms with van der Waals surface area (Å²) in [7, 11) is 0. The van der Waals surface area contributed by atoms with Crippen LogP contribution in [-0.2, 0) is 6.54 Å². The highest BCUT2D eigenvalue weighted by Gasteiger charge is 2.18. The zero-order valence-electron chi connectivity index (χ0n) is 13.6.